The summed E-state index contributed by atoms with van der Waals surface area (Å²) in [7, 11) is 5.69. The van der Waals surface area contributed by atoms with E-state index in [2.05, 4.69) is 27.1 Å². The van der Waals surface area contributed by atoms with Gasteiger partial charge in [-0.2, -0.15) is 4.98 Å². The van der Waals surface area contributed by atoms with Gasteiger partial charge in [0.15, 0.2) is 5.58 Å². The monoisotopic (exact) mass is 404 g/mol. The molecule has 2 aromatic carbocycles. The fourth-order valence-electron chi connectivity index (χ4n) is 3.94. The van der Waals surface area contributed by atoms with E-state index >= 15 is 0 Å². The van der Waals surface area contributed by atoms with E-state index in [0.29, 0.717) is 16.9 Å². The van der Waals surface area contributed by atoms with Crippen molar-refractivity contribution in [3.05, 3.63) is 46.8 Å². The van der Waals surface area contributed by atoms with Crippen LogP contribution in [-0.4, -0.2) is 59.7 Å². The van der Waals surface area contributed by atoms with Crippen molar-refractivity contribution in [2.75, 3.05) is 50.5 Å². The Morgan fingerprint density at radius 1 is 0.933 bits per heavy atom. The molecule has 0 saturated carbocycles. The predicted octanol–water partition coefficient (Wildman–Crippen LogP) is 2.54. The number of oxazole rings is 1. The minimum Gasteiger partial charge on any atom is -0.424 e. The number of hydrogen-bond donors (Lipinski definition) is 1. The summed E-state index contributed by atoms with van der Waals surface area (Å²) in [5.41, 5.74) is 4.19. The van der Waals surface area contributed by atoms with Gasteiger partial charge in [-0.1, -0.05) is 12.1 Å². The first kappa shape index (κ1) is 18.6. The summed E-state index contributed by atoms with van der Waals surface area (Å²) in [6, 6.07) is 12.2. The van der Waals surface area contributed by atoms with Crippen LogP contribution in [0.25, 0.3) is 33.1 Å². The molecule has 1 aliphatic rings. The van der Waals surface area contributed by atoms with Crippen molar-refractivity contribution in [3.8, 4) is 11.1 Å². The molecular formula is C22H24N6O2. The summed E-state index contributed by atoms with van der Waals surface area (Å²) < 4.78 is 7.27. The van der Waals surface area contributed by atoms with E-state index in [-0.39, 0.29) is 5.56 Å². The fraction of sp³-hybridized carbons (Fsp3) is 0.318. The SMILES string of the molecule is CNc1nc2cc(-c3ccc4c(=O)n(C)c(N5CCN(C)CC5)nc4c3)ccc2o1. The van der Waals surface area contributed by atoms with Gasteiger partial charge in [0.25, 0.3) is 11.6 Å². The van der Waals surface area contributed by atoms with Crippen LogP contribution in [0.3, 0.4) is 0 Å². The lowest BCUT2D eigenvalue weighted by molar-refractivity contribution is 0.310. The number of benzene rings is 2. The standard InChI is InChI=1S/C22H24N6O2/c1-23-21-24-18-13-15(5-7-19(18)30-21)14-4-6-16-17(12-14)25-22(27(3)20(16)29)28-10-8-26(2)9-11-28/h4-7,12-13H,8-11H2,1-3H3,(H,23,24). The zero-order chi connectivity index (χ0) is 20.8. The maximum Gasteiger partial charge on any atom is 0.295 e. The van der Waals surface area contributed by atoms with E-state index in [1.165, 1.54) is 0 Å². The molecule has 1 fully saturated rings. The van der Waals surface area contributed by atoms with Gasteiger partial charge in [0.1, 0.15) is 5.52 Å². The molecule has 0 amide bonds. The van der Waals surface area contributed by atoms with Gasteiger partial charge < -0.3 is 19.5 Å². The van der Waals surface area contributed by atoms with E-state index in [0.717, 1.165) is 54.4 Å². The van der Waals surface area contributed by atoms with Gasteiger partial charge in [-0.25, -0.2) is 4.98 Å². The van der Waals surface area contributed by atoms with Crippen LogP contribution in [0.5, 0.6) is 0 Å². The smallest absolute Gasteiger partial charge is 0.295 e. The van der Waals surface area contributed by atoms with Crippen LogP contribution in [0.15, 0.2) is 45.6 Å². The summed E-state index contributed by atoms with van der Waals surface area (Å²) in [5, 5.41) is 3.54. The quantitative estimate of drug-likeness (QED) is 0.562. The lowest BCUT2D eigenvalue weighted by atomic mass is 10.0. The first-order valence-electron chi connectivity index (χ1n) is 10.1. The Balaban J connectivity index is 1.59. The number of rotatable bonds is 3. The molecule has 30 heavy (non-hydrogen) atoms. The highest BCUT2D eigenvalue weighted by Crippen LogP contribution is 2.28. The van der Waals surface area contributed by atoms with E-state index in [1.807, 2.05) is 36.4 Å². The van der Waals surface area contributed by atoms with Gasteiger partial charge in [0.2, 0.25) is 5.95 Å². The van der Waals surface area contributed by atoms with Crippen molar-refractivity contribution >= 4 is 34.0 Å². The van der Waals surface area contributed by atoms with Crippen LogP contribution in [0.4, 0.5) is 12.0 Å². The Labute approximate surface area is 173 Å². The van der Waals surface area contributed by atoms with E-state index in [4.69, 9.17) is 9.40 Å². The average molecular weight is 404 g/mol. The molecule has 2 aromatic heterocycles. The van der Waals surface area contributed by atoms with Crippen LogP contribution in [0, 0.1) is 0 Å². The van der Waals surface area contributed by atoms with E-state index in [9.17, 15) is 4.79 Å². The summed E-state index contributed by atoms with van der Waals surface area (Å²) in [6.07, 6.45) is 0. The van der Waals surface area contributed by atoms with Crippen LogP contribution in [0.1, 0.15) is 0 Å². The minimum absolute atomic E-state index is 0.0221. The number of hydrogen-bond acceptors (Lipinski definition) is 7. The van der Waals surface area contributed by atoms with Gasteiger partial charge in [-0.05, 0) is 42.4 Å². The molecule has 0 spiro atoms. The predicted molar refractivity (Wildman–Crippen MR) is 119 cm³/mol. The Morgan fingerprint density at radius 3 is 2.37 bits per heavy atom. The highest BCUT2D eigenvalue weighted by atomic mass is 16.4. The summed E-state index contributed by atoms with van der Waals surface area (Å²) in [4.78, 5) is 26.8. The van der Waals surface area contributed by atoms with Gasteiger partial charge in [0.05, 0.1) is 10.9 Å². The molecule has 5 rings (SSSR count). The Bertz CT molecular complexity index is 1300. The second kappa shape index (κ2) is 7.14. The van der Waals surface area contributed by atoms with Gasteiger partial charge in [0, 0.05) is 40.3 Å². The second-order valence-corrected chi connectivity index (χ2v) is 7.75. The third-order valence-corrected chi connectivity index (χ3v) is 5.77. The molecule has 0 bridgehead atoms. The number of piperazine rings is 1. The van der Waals surface area contributed by atoms with Gasteiger partial charge >= 0.3 is 0 Å². The van der Waals surface area contributed by atoms with Gasteiger partial charge in [-0.15, -0.1) is 0 Å². The van der Waals surface area contributed by atoms with Crippen LogP contribution >= 0.6 is 0 Å². The number of nitrogens with one attached hydrogen (secondary N) is 1. The number of nitrogens with zero attached hydrogens (tertiary/aromatic N) is 5. The second-order valence-electron chi connectivity index (χ2n) is 7.75. The average Bonchev–Trinajstić information content (AvgIpc) is 3.19. The largest absolute Gasteiger partial charge is 0.424 e. The fourth-order valence-corrected chi connectivity index (χ4v) is 3.94. The Morgan fingerprint density at radius 2 is 1.63 bits per heavy atom. The molecule has 154 valence electrons. The molecule has 1 N–H and O–H groups in total. The number of aromatic nitrogens is 3. The molecule has 1 saturated heterocycles. The van der Waals surface area contributed by atoms with Crippen LogP contribution in [0.2, 0.25) is 0 Å². The van der Waals surface area contributed by atoms with Crippen molar-refractivity contribution in [2.45, 2.75) is 0 Å². The maximum absolute atomic E-state index is 13.0. The van der Waals surface area contributed by atoms with Crippen molar-refractivity contribution in [1.82, 2.24) is 19.4 Å². The molecule has 4 aromatic rings. The summed E-state index contributed by atoms with van der Waals surface area (Å²) in [6.45, 7) is 3.64. The topological polar surface area (TPSA) is 79.4 Å². The Hall–Kier alpha value is -3.39. The lowest BCUT2D eigenvalue weighted by Gasteiger charge is -2.33. The van der Waals surface area contributed by atoms with Crippen molar-refractivity contribution in [1.29, 1.82) is 0 Å². The zero-order valence-corrected chi connectivity index (χ0v) is 17.3. The third kappa shape index (κ3) is 3.09. The lowest BCUT2D eigenvalue weighted by Crippen LogP contribution is -2.46. The first-order valence-corrected chi connectivity index (χ1v) is 10.1. The third-order valence-electron chi connectivity index (χ3n) is 5.77. The molecule has 3 heterocycles. The Kier molecular flexibility index (Phi) is 4.43. The molecule has 8 nitrogen and oxygen atoms in total. The summed E-state index contributed by atoms with van der Waals surface area (Å²) >= 11 is 0. The van der Waals surface area contributed by atoms with E-state index in [1.54, 1.807) is 18.7 Å². The van der Waals surface area contributed by atoms with Crippen LogP contribution < -0.4 is 15.8 Å². The first-order chi connectivity index (χ1) is 14.5. The highest BCUT2D eigenvalue weighted by molar-refractivity contribution is 5.87. The molecular weight excluding hydrogens is 380 g/mol. The normalized spacial score (nSPS) is 15.2. The molecule has 0 radical (unpaired) electrons. The van der Waals surface area contributed by atoms with Crippen LogP contribution in [-0.2, 0) is 7.05 Å². The molecule has 0 atom stereocenters. The minimum atomic E-state index is -0.0221. The van der Waals surface area contributed by atoms with Gasteiger partial charge in [-0.3, -0.25) is 9.36 Å². The molecule has 0 aliphatic carbocycles. The molecule has 1 aliphatic heterocycles. The molecule has 0 unspecified atom stereocenters. The summed E-state index contributed by atoms with van der Waals surface area (Å²) in [5.74, 6) is 0.725. The maximum atomic E-state index is 13.0. The highest BCUT2D eigenvalue weighted by Gasteiger charge is 2.19. The van der Waals surface area contributed by atoms with E-state index < -0.39 is 0 Å². The van der Waals surface area contributed by atoms with Crippen molar-refractivity contribution in [2.24, 2.45) is 7.05 Å². The number of fused-ring (bicyclic) bond motifs is 2. The number of likely N-dealkylation sites (N-methyl/N-ethyl adjacent to an activating group) is 1. The van der Waals surface area contributed by atoms with Crippen molar-refractivity contribution in [3.63, 3.8) is 0 Å². The zero-order valence-electron chi connectivity index (χ0n) is 17.3. The number of anilines is 2. The van der Waals surface area contributed by atoms with Crippen molar-refractivity contribution < 1.29 is 4.42 Å². The molecule has 8 heteroatoms.